The smallest absolute Gasteiger partial charge is 0.338 e. The van der Waals surface area contributed by atoms with Crippen molar-refractivity contribution in [2.45, 2.75) is 6.92 Å². The zero-order valence-corrected chi connectivity index (χ0v) is 13.8. The molecule has 0 saturated heterocycles. The minimum absolute atomic E-state index is 0.274. The van der Waals surface area contributed by atoms with Crippen molar-refractivity contribution in [2.75, 3.05) is 26.1 Å². The van der Waals surface area contributed by atoms with Crippen molar-refractivity contribution in [1.29, 1.82) is 0 Å². The van der Waals surface area contributed by atoms with E-state index in [9.17, 15) is 9.59 Å². The fraction of sp³-hybridized carbons (Fsp3) is 0.222. The van der Waals surface area contributed by atoms with E-state index in [0.29, 0.717) is 17.2 Å². The summed E-state index contributed by atoms with van der Waals surface area (Å²) in [4.78, 5) is 23.9. The summed E-state index contributed by atoms with van der Waals surface area (Å²) in [6.07, 6.45) is 0. The van der Waals surface area contributed by atoms with E-state index in [1.807, 2.05) is 25.1 Å². The van der Waals surface area contributed by atoms with Crippen LogP contribution in [0.1, 0.15) is 15.9 Å². The molecule has 6 nitrogen and oxygen atoms in total. The molecule has 0 aliphatic carbocycles. The summed E-state index contributed by atoms with van der Waals surface area (Å²) < 4.78 is 15.3. The van der Waals surface area contributed by atoms with Crippen LogP contribution >= 0.6 is 0 Å². The average molecular weight is 329 g/mol. The highest BCUT2D eigenvalue weighted by molar-refractivity contribution is 5.95. The maximum absolute atomic E-state index is 12.0. The predicted octanol–water partition coefficient (Wildman–Crippen LogP) is 2.81. The number of amides is 1. The minimum Gasteiger partial charge on any atom is -0.493 e. The van der Waals surface area contributed by atoms with Crippen LogP contribution in [-0.4, -0.2) is 32.7 Å². The van der Waals surface area contributed by atoms with Gasteiger partial charge in [-0.2, -0.15) is 0 Å². The first-order valence-electron chi connectivity index (χ1n) is 7.29. The van der Waals surface area contributed by atoms with E-state index < -0.39 is 11.9 Å². The molecule has 126 valence electrons. The van der Waals surface area contributed by atoms with E-state index in [1.54, 1.807) is 18.2 Å². The molecular weight excluding hydrogens is 310 g/mol. The van der Waals surface area contributed by atoms with Crippen LogP contribution in [0.2, 0.25) is 0 Å². The highest BCUT2D eigenvalue weighted by atomic mass is 16.5. The summed E-state index contributed by atoms with van der Waals surface area (Å²) in [5.41, 5.74) is 1.95. The Morgan fingerprint density at radius 1 is 1.00 bits per heavy atom. The molecular formula is C18H19NO5. The number of aryl methyl sites for hydroxylation is 1. The monoisotopic (exact) mass is 329 g/mol. The zero-order valence-electron chi connectivity index (χ0n) is 13.8. The molecule has 0 aliphatic rings. The molecule has 0 atom stereocenters. The van der Waals surface area contributed by atoms with Gasteiger partial charge in [-0.1, -0.05) is 12.1 Å². The van der Waals surface area contributed by atoms with Crippen LogP contribution in [-0.2, 0) is 9.53 Å². The van der Waals surface area contributed by atoms with Crippen molar-refractivity contribution in [3.8, 4) is 11.5 Å². The lowest BCUT2D eigenvalue weighted by atomic mass is 10.2. The molecule has 2 aromatic rings. The number of rotatable bonds is 6. The molecule has 0 unspecified atom stereocenters. The van der Waals surface area contributed by atoms with E-state index in [0.717, 1.165) is 5.56 Å². The van der Waals surface area contributed by atoms with Crippen molar-refractivity contribution < 1.29 is 23.8 Å². The molecule has 0 saturated carbocycles. The largest absolute Gasteiger partial charge is 0.493 e. The maximum atomic E-state index is 12.0. The summed E-state index contributed by atoms with van der Waals surface area (Å²) >= 11 is 0. The molecule has 0 bridgehead atoms. The third-order valence-electron chi connectivity index (χ3n) is 3.26. The van der Waals surface area contributed by atoms with Gasteiger partial charge in [0.15, 0.2) is 18.1 Å². The Kier molecular flexibility index (Phi) is 5.78. The van der Waals surface area contributed by atoms with Crippen LogP contribution in [0.5, 0.6) is 11.5 Å². The third-order valence-corrected chi connectivity index (χ3v) is 3.26. The molecule has 2 rings (SSSR count). The first-order chi connectivity index (χ1) is 11.5. The highest BCUT2D eigenvalue weighted by Crippen LogP contribution is 2.27. The number of hydrogen-bond acceptors (Lipinski definition) is 5. The molecule has 1 N–H and O–H groups in total. The number of anilines is 1. The number of carbonyl (C=O) groups is 2. The predicted molar refractivity (Wildman–Crippen MR) is 89.6 cm³/mol. The first kappa shape index (κ1) is 17.3. The Bertz CT molecular complexity index is 742. The van der Waals surface area contributed by atoms with E-state index in [4.69, 9.17) is 14.2 Å². The first-order valence-corrected chi connectivity index (χ1v) is 7.29. The van der Waals surface area contributed by atoms with Crippen molar-refractivity contribution in [3.63, 3.8) is 0 Å². The summed E-state index contributed by atoms with van der Waals surface area (Å²) in [5, 5.41) is 2.67. The lowest BCUT2D eigenvalue weighted by Crippen LogP contribution is -2.21. The van der Waals surface area contributed by atoms with Crippen LogP contribution in [0, 0.1) is 6.92 Å². The molecule has 0 heterocycles. The summed E-state index contributed by atoms with van der Waals surface area (Å²) in [5.74, 6) is -0.104. The summed E-state index contributed by atoms with van der Waals surface area (Å²) in [6, 6.07) is 12.0. The number of esters is 1. The van der Waals surface area contributed by atoms with E-state index in [-0.39, 0.29) is 12.2 Å². The van der Waals surface area contributed by atoms with Gasteiger partial charge in [0.05, 0.1) is 19.8 Å². The lowest BCUT2D eigenvalue weighted by Gasteiger charge is -2.10. The van der Waals surface area contributed by atoms with Gasteiger partial charge in [-0.25, -0.2) is 4.79 Å². The van der Waals surface area contributed by atoms with Crippen LogP contribution in [0.4, 0.5) is 5.69 Å². The SMILES string of the molecule is COc1ccc(C(=O)OCC(=O)Nc2cccc(C)c2)cc1OC. The van der Waals surface area contributed by atoms with Gasteiger partial charge >= 0.3 is 5.97 Å². The Balaban J connectivity index is 1.94. The van der Waals surface area contributed by atoms with Crippen molar-refractivity contribution in [3.05, 3.63) is 53.6 Å². The normalized spacial score (nSPS) is 9.96. The average Bonchev–Trinajstić information content (AvgIpc) is 2.59. The zero-order chi connectivity index (χ0) is 17.5. The summed E-state index contributed by atoms with van der Waals surface area (Å²) in [6.45, 7) is 1.55. The van der Waals surface area contributed by atoms with Gasteiger partial charge < -0.3 is 19.5 Å². The number of benzene rings is 2. The molecule has 0 spiro atoms. The van der Waals surface area contributed by atoms with Crippen molar-refractivity contribution in [2.24, 2.45) is 0 Å². The minimum atomic E-state index is -0.615. The second-order valence-electron chi connectivity index (χ2n) is 5.06. The van der Waals surface area contributed by atoms with Gasteiger partial charge in [0.1, 0.15) is 0 Å². The van der Waals surface area contributed by atoms with Crippen molar-refractivity contribution >= 4 is 17.6 Å². The van der Waals surface area contributed by atoms with Gasteiger partial charge in [-0.15, -0.1) is 0 Å². The molecule has 24 heavy (non-hydrogen) atoms. The van der Waals surface area contributed by atoms with Gasteiger partial charge in [-0.05, 0) is 42.8 Å². The van der Waals surface area contributed by atoms with Crippen LogP contribution < -0.4 is 14.8 Å². The molecule has 0 aromatic heterocycles. The number of nitrogens with one attached hydrogen (secondary N) is 1. The van der Waals surface area contributed by atoms with Gasteiger partial charge in [0, 0.05) is 5.69 Å². The topological polar surface area (TPSA) is 73.9 Å². The second kappa shape index (κ2) is 8.01. The second-order valence-corrected chi connectivity index (χ2v) is 5.06. The Morgan fingerprint density at radius 2 is 1.75 bits per heavy atom. The standard InChI is InChI=1S/C18H19NO5/c1-12-5-4-6-14(9-12)19-17(20)11-24-18(21)13-7-8-15(22-2)16(10-13)23-3/h4-10H,11H2,1-3H3,(H,19,20). The molecule has 0 radical (unpaired) electrons. The fourth-order valence-corrected chi connectivity index (χ4v) is 2.10. The van der Waals surface area contributed by atoms with E-state index in [2.05, 4.69) is 5.32 Å². The van der Waals surface area contributed by atoms with Crippen LogP contribution in [0.3, 0.4) is 0 Å². The van der Waals surface area contributed by atoms with Crippen LogP contribution in [0.25, 0.3) is 0 Å². The molecule has 1 amide bonds. The molecule has 6 heteroatoms. The quantitative estimate of drug-likeness (QED) is 0.825. The third kappa shape index (κ3) is 4.49. The molecule has 2 aromatic carbocycles. The van der Waals surface area contributed by atoms with Gasteiger partial charge in [0.25, 0.3) is 5.91 Å². The van der Waals surface area contributed by atoms with Crippen molar-refractivity contribution in [1.82, 2.24) is 0 Å². The van der Waals surface area contributed by atoms with Gasteiger partial charge in [-0.3, -0.25) is 4.79 Å². The fourth-order valence-electron chi connectivity index (χ4n) is 2.10. The maximum Gasteiger partial charge on any atom is 0.338 e. The highest BCUT2D eigenvalue weighted by Gasteiger charge is 2.13. The number of methoxy groups -OCH3 is 2. The number of carbonyl (C=O) groups excluding carboxylic acids is 2. The summed E-state index contributed by atoms with van der Waals surface area (Å²) in [7, 11) is 2.98. The van der Waals surface area contributed by atoms with Gasteiger partial charge in [0.2, 0.25) is 0 Å². The molecule has 0 aliphatic heterocycles. The Morgan fingerprint density at radius 3 is 2.42 bits per heavy atom. The number of ether oxygens (including phenoxy) is 3. The number of hydrogen-bond donors (Lipinski definition) is 1. The van der Waals surface area contributed by atoms with Crippen LogP contribution in [0.15, 0.2) is 42.5 Å². The Labute approximate surface area is 140 Å². The van der Waals surface area contributed by atoms with E-state index in [1.165, 1.54) is 20.3 Å². The van der Waals surface area contributed by atoms with E-state index >= 15 is 0 Å². The molecule has 0 fully saturated rings. The lowest BCUT2D eigenvalue weighted by molar-refractivity contribution is -0.119. The Hall–Kier alpha value is -3.02.